The summed E-state index contributed by atoms with van der Waals surface area (Å²) in [6, 6.07) is 4.35. The number of dihydropyridines is 1. The zero-order chi connectivity index (χ0) is 18.4. The van der Waals surface area contributed by atoms with Gasteiger partial charge < -0.3 is 14.8 Å². The molecule has 2 heterocycles. The van der Waals surface area contributed by atoms with Crippen molar-refractivity contribution in [2.45, 2.75) is 24.7 Å². The molecule has 1 fully saturated rings. The molecule has 136 valence electrons. The van der Waals surface area contributed by atoms with Gasteiger partial charge in [-0.05, 0) is 42.0 Å². The summed E-state index contributed by atoms with van der Waals surface area (Å²) in [6.45, 7) is -0.976. The number of carbonyl (C=O) groups is 2. The van der Waals surface area contributed by atoms with Gasteiger partial charge >= 0.3 is 11.9 Å². The van der Waals surface area contributed by atoms with E-state index in [4.69, 9.17) is 9.47 Å². The second-order valence-corrected chi connectivity index (χ2v) is 6.59. The smallest absolute Gasteiger partial charge is 0.337 e. The molecular formula is C19H17F2NO4. The SMILES string of the molecule is COC(=O)C1=C(CF)NC2=C(C(=O)OC2)C1c1cc(F)ccc1C1CC1. The maximum absolute atomic E-state index is 14.1. The first-order valence-corrected chi connectivity index (χ1v) is 8.39. The number of alkyl halides is 1. The fourth-order valence-electron chi connectivity index (χ4n) is 3.71. The van der Waals surface area contributed by atoms with Crippen molar-refractivity contribution in [1.29, 1.82) is 0 Å². The lowest BCUT2D eigenvalue weighted by Crippen LogP contribution is -2.32. The van der Waals surface area contributed by atoms with Gasteiger partial charge in [-0.1, -0.05) is 6.07 Å². The maximum atomic E-state index is 14.1. The van der Waals surface area contributed by atoms with Crippen LogP contribution in [0, 0.1) is 5.82 Å². The second-order valence-electron chi connectivity index (χ2n) is 6.59. The van der Waals surface area contributed by atoms with E-state index >= 15 is 0 Å². The van der Waals surface area contributed by atoms with Crippen LogP contribution in [-0.2, 0) is 19.1 Å². The Morgan fingerprint density at radius 3 is 2.77 bits per heavy atom. The number of hydrogen-bond acceptors (Lipinski definition) is 5. The fourth-order valence-corrected chi connectivity index (χ4v) is 3.71. The van der Waals surface area contributed by atoms with Gasteiger partial charge in [0.05, 0.1) is 35.6 Å². The van der Waals surface area contributed by atoms with Crippen LogP contribution in [0.1, 0.15) is 35.8 Å². The van der Waals surface area contributed by atoms with Gasteiger partial charge in [-0.2, -0.15) is 0 Å². The molecule has 0 amide bonds. The van der Waals surface area contributed by atoms with E-state index in [9.17, 15) is 18.4 Å². The minimum atomic E-state index is -0.944. The fraction of sp³-hybridized carbons (Fsp3) is 0.368. The topological polar surface area (TPSA) is 64.6 Å². The number of cyclic esters (lactones) is 1. The summed E-state index contributed by atoms with van der Waals surface area (Å²) in [5.74, 6) is -2.50. The van der Waals surface area contributed by atoms with Crippen LogP contribution in [0.15, 0.2) is 40.7 Å². The third kappa shape index (κ3) is 2.58. The number of rotatable bonds is 4. The monoisotopic (exact) mass is 361 g/mol. The van der Waals surface area contributed by atoms with Crippen LogP contribution >= 0.6 is 0 Å². The summed E-state index contributed by atoms with van der Waals surface area (Å²) >= 11 is 0. The van der Waals surface area contributed by atoms with Gasteiger partial charge in [-0.15, -0.1) is 0 Å². The lowest BCUT2D eigenvalue weighted by atomic mass is 9.78. The highest BCUT2D eigenvalue weighted by Crippen LogP contribution is 2.48. The van der Waals surface area contributed by atoms with Crippen LogP contribution in [0.2, 0.25) is 0 Å². The molecular weight excluding hydrogens is 344 g/mol. The Labute approximate surface area is 148 Å². The van der Waals surface area contributed by atoms with Gasteiger partial charge in [0.2, 0.25) is 0 Å². The minimum Gasteiger partial charge on any atom is -0.466 e. The molecule has 0 aromatic heterocycles. The Balaban J connectivity index is 1.96. The van der Waals surface area contributed by atoms with Crippen molar-refractivity contribution in [3.8, 4) is 0 Å². The Morgan fingerprint density at radius 2 is 2.12 bits per heavy atom. The number of benzene rings is 1. The van der Waals surface area contributed by atoms with Crippen LogP contribution in [0.3, 0.4) is 0 Å². The van der Waals surface area contributed by atoms with Gasteiger partial charge in [-0.3, -0.25) is 0 Å². The van der Waals surface area contributed by atoms with E-state index in [0.29, 0.717) is 11.3 Å². The molecule has 2 aliphatic heterocycles. The molecule has 1 N–H and O–H groups in total. The lowest BCUT2D eigenvalue weighted by Gasteiger charge is -2.29. The van der Waals surface area contributed by atoms with Crippen molar-refractivity contribution in [3.63, 3.8) is 0 Å². The quantitative estimate of drug-likeness (QED) is 0.835. The standard InChI is InChI=1S/C19H17F2NO4/c1-25-18(23)16-13(7-20)22-14-8-26-19(24)17(14)15(16)12-6-10(21)4-5-11(12)9-2-3-9/h4-6,9,15,22H,2-3,7-8H2,1H3. The average molecular weight is 361 g/mol. The van der Waals surface area contributed by atoms with Gasteiger partial charge in [0.15, 0.2) is 0 Å². The Hall–Kier alpha value is -2.70. The highest BCUT2D eigenvalue weighted by molar-refractivity contribution is 6.01. The zero-order valence-electron chi connectivity index (χ0n) is 14.1. The van der Waals surface area contributed by atoms with E-state index in [0.717, 1.165) is 18.4 Å². The van der Waals surface area contributed by atoms with E-state index in [1.807, 2.05) is 0 Å². The third-order valence-corrected chi connectivity index (χ3v) is 5.01. The van der Waals surface area contributed by atoms with Crippen LogP contribution in [0.25, 0.3) is 0 Å². The molecule has 0 saturated heterocycles. The largest absolute Gasteiger partial charge is 0.466 e. The molecule has 0 radical (unpaired) electrons. The van der Waals surface area contributed by atoms with Crippen LogP contribution in [0.5, 0.6) is 0 Å². The minimum absolute atomic E-state index is 0.0138. The molecule has 3 aliphatic rings. The number of halogens is 2. The summed E-state index contributed by atoms with van der Waals surface area (Å²) in [5.41, 5.74) is 1.99. The Kier molecular flexibility index (Phi) is 4.01. The van der Waals surface area contributed by atoms with E-state index < -0.39 is 30.3 Å². The van der Waals surface area contributed by atoms with Crippen molar-refractivity contribution in [3.05, 3.63) is 57.7 Å². The lowest BCUT2D eigenvalue weighted by molar-refractivity contribution is -0.136. The summed E-state index contributed by atoms with van der Waals surface area (Å²) in [4.78, 5) is 24.8. The number of allylic oxidation sites excluding steroid dienone is 1. The van der Waals surface area contributed by atoms with E-state index in [1.165, 1.54) is 19.2 Å². The number of nitrogens with one attached hydrogen (secondary N) is 1. The predicted molar refractivity (Wildman–Crippen MR) is 87.3 cm³/mol. The van der Waals surface area contributed by atoms with Gasteiger partial charge in [0.25, 0.3) is 0 Å². The number of carbonyl (C=O) groups excluding carboxylic acids is 2. The molecule has 1 saturated carbocycles. The van der Waals surface area contributed by atoms with Crippen molar-refractivity contribution < 1.29 is 27.8 Å². The molecule has 1 unspecified atom stereocenters. The second kappa shape index (κ2) is 6.23. The third-order valence-electron chi connectivity index (χ3n) is 5.01. The molecule has 26 heavy (non-hydrogen) atoms. The molecule has 7 heteroatoms. The molecule has 4 rings (SSSR count). The normalized spacial score (nSPS) is 22.1. The van der Waals surface area contributed by atoms with Gasteiger partial charge in [0, 0.05) is 0 Å². The van der Waals surface area contributed by atoms with Crippen molar-refractivity contribution in [2.75, 3.05) is 20.4 Å². The van der Waals surface area contributed by atoms with Gasteiger partial charge in [0.1, 0.15) is 19.1 Å². The Morgan fingerprint density at radius 1 is 1.35 bits per heavy atom. The van der Waals surface area contributed by atoms with Crippen LogP contribution in [0.4, 0.5) is 8.78 Å². The van der Waals surface area contributed by atoms with Gasteiger partial charge in [-0.25, -0.2) is 18.4 Å². The molecule has 0 bridgehead atoms. The van der Waals surface area contributed by atoms with Crippen LogP contribution in [-0.4, -0.2) is 32.3 Å². The van der Waals surface area contributed by atoms with Crippen LogP contribution < -0.4 is 5.32 Å². The zero-order valence-corrected chi connectivity index (χ0v) is 14.1. The van der Waals surface area contributed by atoms with E-state index in [-0.39, 0.29) is 29.4 Å². The first-order valence-electron chi connectivity index (χ1n) is 8.39. The number of hydrogen-bond donors (Lipinski definition) is 1. The summed E-state index contributed by atoms with van der Waals surface area (Å²) < 4.78 is 37.6. The van der Waals surface area contributed by atoms with Crippen molar-refractivity contribution in [1.82, 2.24) is 5.32 Å². The first kappa shape index (κ1) is 16.8. The highest BCUT2D eigenvalue weighted by Gasteiger charge is 2.44. The molecule has 1 aromatic carbocycles. The predicted octanol–water partition coefficient (Wildman–Crippen LogP) is 2.60. The Bertz CT molecular complexity index is 870. The summed E-state index contributed by atoms with van der Waals surface area (Å²) in [5, 5.41) is 2.78. The highest BCUT2D eigenvalue weighted by atomic mass is 19.1. The summed E-state index contributed by atoms with van der Waals surface area (Å²) in [6.07, 6.45) is 1.90. The van der Waals surface area contributed by atoms with Crippen molar-refractivity contribution in [2.24, 2.45) is 0 Å². The van der Waals surface area contributed by atoms with E-state index in [1.54, 1.807) is 6.07 Å². The number of ether oxygens (including phenoxy) is 2. The molecule has 1 atom stereocenters. The van der Waals surface area contributed by atoms with Crippen molar-refractivity contribution >= 4 is 11.9 Å². The molecule has 1 aliphatic carbocycles. The summed E-state index contributed by atoms with van der Waals surface area (Å²) in [7, 11) is 1.19. The molecule has 5 nitrogen and oxygen atoms in total. The van der Waals surface area contributed by atoms with E-state index in [2.05, 4.69) is 5.32 Å². The molecule has 1 aromatic rings. The number of esters is 2. The molecule has 0 spiro atoms. The maximum Gasteiger partial charge on any atom is 0.337 e. The average Bonchev–Trinajstić information content (AvgIpc) is 3.43. The number of methoxy groups -OCH3 is 1. The first-order chi connectivity index (χ1) is 12.5.